The first-order chi connectivity index (χ1) is 14.0. The lowest BCUT2D eigenvalue weighted by Gasteiger charge is -2.25. The SMILES string of the molecule is O=C(Nc1ccc(F)cc1F)c1cnn(-c2ccccc2Cl)c1C1CCNCC1. The van der Waals surface area contributed by atoms with E-state index in [1.54, 1.807) is 10.7 Å². The molecule has 0 aliphatic carbocycles. The van der Waals surface area contributed by atoms with Gasteiger partial charge >= 0.3 is 0 Å². The first-order valence-corrected chi connectivity index (χ1v) is 9.72. The van der Waals surface area contributed by atoms with E-state index in [1.807, 2.05) is 18.2 Å². The fourth-order valence-corrected chi connectivity index (χ4v) is 3.83. The summed E-state index contributed by atoms with van der Waals surface area (Å²) in [6.07, 6.45) is 3.14. The largest absolute Gasteiger partial charge is 0.319 e. The number of carbonyl (C=O) groups excluding carboxylic acids is 1. The molecule has 8 heteroatoms. The van der Waals surface area contributed by atoms with Gasteiger partial charge in [0.05, 0.1) is 33.9 Å². The van der Waals surface area contributed by atoms with Gasteiger partial charge in [-0.1, -0.05) is 23.7 Å². The molecule has 0 atom stereocenters. The topological polar surface area (TPSA) is 59.0 Å². The molecule has 1 fully saturated rings. The summed E-state index contributed by atoms with van der Waals surface area (Å²) in [6, 6.07) is 10.3. The predicted molar refractivity (Wildman–Crippen MR) is 108 cm³/mol. The lowest BCUT2D eigenvalue weighted by atomic mass is 9.91. The maximum absolute atomic E-state index is 14.0. The fourth-order valence-electron chi connectivity index (χ4n) is 3.62. The Balaban J connectivity index is 1.74. The Hall–Kier alpha value is -2.77. The van der Waals surface area contributed by atoms with Crippen LogP contribution in [0.15, 0.2) is 48.7 Å². The normalized spacial score (nSPS) is 14.7. The van der Waals surface area contributed by atoms with Gasteiger partial charge in [-0.3, -0.25) is 4.79 Å². The number of nitrogens with one attached hydrogen (secondary N) is 2. The number of aromatic nitrogens is 2. The maximum Gasteiger partial charge on any atom is 0.259 e. The number of benzene rings is 2. The van der Waals surface area contributed by atoms with Crippen LogP contribution >= 0.6 is 11.6 Å². The number of para-hydroxylation sites is 1. The van der Waals surface area contributed by atoms with Crippen molar-refractivity contribution in [2.45, 2.75) is 18.8 Å². The molecule has 0 unspecified atom stereocenters. The van der Waals surface area contributed by atoms with Crippen LogP contribution in [0.2, 0.25) is 5.02 Å². The highest BCUT2D eigenvalue weighted by Gasteiger charge is 2.28. The van der Waals surface area contributed by atoms with Crippen molar-refractivity contribution < 1.29 is 13.6 Å². The molecular weight excluding hydrogens is 398 g/mol. The van der Waals surface area contributed by atoms with Crippen molar-refractivity contribution in [1.29, 1.82) is 0 Å². The molecule has 4 rings (SSSR count). The minimum absolute atomic E-state index is 0.0850. The van der Waals surface area contributed by atoms with Gasteiger partial charge in [-0.2, -0.15) is 5.10 Å². The highest BCUT2D eigenvalue weighted by atomic mass is 35.5. The van der Waals surface area contributed by atoms with Crippen LogP contribution in [0, 0.1) is 11.6 Å². The summed E-state index contributed by atoms with van der Waals surface area (Å²) in [5.74, 6) is -1.95. The van der Waals surface area contributed by atoms with Gasteiger partial charge in [-0.05, 0) is 50.2 Å². The van der Waals surface area contributed by atoms with E-state index in [2.05, 4.69) is 15.7 Å². The lowest BCUT2D eigenvalue weighted by Crippen LogP contribution is -2.29. The molecule has 0 radical (unpaired) electrons. The van der Waals surface area contributed by atoms with E-state index in [4.69, 9.17) is 11.6 Å². The number of rotatable bonds is 4. The predicted octanol–water partition coefficient (Wildman–Crippen LogP) is 4.52. The van der Waals surface area contributed by atoms with Gasteiger partial charge in [-0.15, -0.1) is 0 Å². The molecule has 2 aromatic carbocycles. The number of hydrogen-bond donors (Lipinski definition) is 2. The lowest BCUT2D eigenvalue weighted by molar-refractivity contribution is 0.102. The quantitative estimate of drug-likeness (QED) is 0.657. The monoisotopic (exact) mass is 416 g/mol. The first kappa shape index (κ1) is 19.5. The summed E-state index contributed by atoms with van der Waals surface area (Å²) in [4.78, 5) is 13.0. The molecule has 0 bridgehead atoms. The Kier molecular flexibility index (Phi) is 5.60. The van der Waals surface area contributed by atoms with E-state index in [0.717, 1.165) is 43.8 Å². The van der Waals surface area contributed by atoms with Crippen LogP contribution in [0.5, 0.6) is 0 Å². The summed E-state index contributed by atoms with van der Waals surface area (Å²) in [6.45, 7) is 1.65. The highest BCUT2D eigenvalue weighted by Crippen LogP contribution is 2.32. The van der Waals surface area contributed by atoms with E-state index in [9.17, 15) is 13.6 Å². The van der Waals surface area contributed by atoms with Gasteiger partial charge in [-0.25, -0.2) is 13.5 Å². The van der Waals surface area contributed by atoms with Crippen LogP contribution in [0.3, 0.4) is 0 Å². The van der Waals surface area contributed by atoms with Crippen molar-refractivity contribution in [2.75, 3.05) is 18.4 Å². The van der Waals surface area contributed by atoms with Gasteiger partial charge in [0, 0.05) is 12.0 Å². The Morgan fingerprint density at radius 1 is 1.17 bits per heavy atom. The second kappa shape index (κ2) is 8.31. The van der Waals surface area contributed by atoms with Gasteiger partial charge < -0.3 is 10.6 Å². The summed E-state index contributed by atoms with van der Waals surface area (Å²) in [5, 5.41) is 10.8. The molecular formula is C21H19ClF2N4O. The van der Waals surface area contributed by atoms with Crippen molar-refractivity contribution in [3.05, 3.63) is 76.6 Å². The average Bonchev–Trinajstić information content (AvgIpc) is 3.16. The number of amides is 1. The molecule has 1 saturated heterocycles. The average molecular weight is 417 g/mol. The first-order valence-electron chi connectivity index (χ1n) is 9.34. The molecule has 0 spiro atoms. The van der Waals surface area contributed by atoms with E-state index in [1.165, 1.54) is 12.3 Å². The third kappa shape index (κ3) is 4.02. The van der Waals surface area contributed by atoms with E-state index >= 15 is 0 Å². The molecule has 29 heavy (non-hydrogen) atoms. The van der Waals surface area contributed by atoms with Crippen molar-refractivity contribution >= 4 is 23.2 Å². The Morgan fingerprint density at radius 3 is 2.66 bits per heavy atom. The Morgan fingerprint density at radius 2 is 1.93 bits per heavy atom. The standard InChI is InChI=1S/C21H19ClF2N4O/c22-16-3-1-2-4-19(16)28-20(13-7-9-25-10-8-13)15(12-26-28)21(29)27-18-6-5-14(23)11-17(18)24/h1-6,11-13,25H,7-10H2,(H,27,29). The molecule has 1 aliphatic heterocycles. The molecule has 3 aromatic rings. The third-order valence-electron chi connectivity index (χ3n) is 5.04. The van der Waals surface area contributed by atoms with Crippen LogP contribution in [-0.2, 0) is 0 Å². The number of anilines is 1. The van der Waals surface area contributed by atoms with E-state index in [-0.39, 0.29) is 11.6 Å². The van der Waals surface area contributed by atoms with Gasteiger partial charge in [0.25, 0.3) is 5.91 Å². The van der Waals surface area contributed by atoms with Crippen LogP contribution in [0.4, 0.5) is 14.5 Å². The zero-order valence-electron chi connectivity index (χ0n) is 15.5. The second-order valence-corrected chi connectivity index (χ2v) is 7.32. The van der Waals surface area contributed by atoms with E-state index < -0.39 is 17.5 Å². The van der Waals surface area contributed by atoms with Crippen molar-refractivity contribution in [3.8, 4) is 5.69 Å². The zero-order chi connectivity index (χ0) is 20.4. The molecule has 1 aliphatic rings. The minimum Gasteiger partial charge on any atom is -0.319 e. The molecule has 2 N–H and O–H groups in total. The minimum atomic E-state index is -0.833. The van der Waals surface area contributed by atoms with Crippen LogP contribution in [0.1, 0.15) is 34.8 Å². The second-order valence-electron chi connectivity index (χ2n) is 6.91. The van der Waals surface area contributed by atoms with Crippen LogP contribution in [0.25, 0.3) is 5.69 Å². The van der Waals surface area contributed by atoms with Crippen LogP contribution in [-0.4, -0.2) is 28.8 Å². The Labute approximate surface area is 171 Å². The number of hydrogen-bond acceptors (Lipinski definition) is 3. The maximum atomic E-state index is 14.0. The number of halogens is 3. The Bertz CT molecular complexity index is 1050. The number of nitrogens with zero attached hydrogens (tertiary/aromatic N) is 2. The molecule has 0 saturated carbocycles. The van der Waals surface area contributed by atoms with Crippen LogP contribution < -0.4 is 10.6 Å². The molecule has 150 valence electrons. The third-order valence-corrected chi connectivity index (χ3v) is 5.36. The molecule has 5 nitrogen and oxygen atoms in total. The summed E-state index contributed by atoms with van der Waals surface area (Å²) < 4.78 is 28.9. The summed E-state index contributed by atoms with van der Waals surface area (Å²) in [5.41, 5.74) is 1.67. The highest BCUT2D eigenvalue weighted by molar-refractivity contribution is 6.32. The van der Waals surface area contributed by atoms with Crippen molar-refractivity contribution in [3.63, 3.8) is 0 Å². The zero-order valence-corrected chi connectivity index (χ0v) is 16.2. The molecule has 2 heterocycles. The summed E-state index contributed by atoms with van der Waals surface area (Å²) in [7, 11) is 0. The molecule has 1 aromatic heterocycles. The smallest absolute Gasteiger partial charge is 0.259 e. The van der Waals surface area contributed by atoms with Gasteiger partial charge in [0.15, 0.2) is 0 Å². The van der Waals surface area contributed by atoms with Crippen molar-refractivity contribution in [2.24, 2.45) is 0 Å². The van der Waals surface area contributed by atoms with Gasteiger partial charge in [0.2, 0.25) is 0 Å². The number of piperidine rings is 1. The molecule has 1 amide bonds. The number of carbonyl (C=O) groups is 1. The van der Waals surface area contributed by atoms with E-state index in [0.29, 0.717) is 16.3 Å². The summed E-state index contributed by atoms with van der Waals surface area (Å²) >= 11 is 6.37. The fraction of sp³-hybridized carbons (Fsp3) is 0.238. The van der Waals surface area contributed by atoms with Gasteiger partial charge in [0.1, 0.15) is 11.6 Å². The van der Waals surface area contributed by atoms with Crippen molar-refractivity contribution in [1.82, 2.24) is 15.1 Å².